The number of nitro benzene ring substituents is 1. The van der Waals surface area contributed by atoms with Crippen molar-refractivity contribution >= 4 is 17.3 Å². The minimum atomic E-state index is -0.484. The summed E-state index contributed by atoms with van der Waals surface area (Å²) in [6.07, 6.45) is 0. The van der Waals surface area contributed by atoms with Crippen LogP contribution in [0.15, 0.2) is 41.5 Å². The monoisotopic (exact) mass is 373 g/mol. The number of nitrogens with one attached hydrogen (secondary N) is 1. The number of hydrogen-bond acceptors (Lipinski definition) is 7. The summed E-state index contributed by atoms with van der Waals surface area (Å²) in [6, 6.07) is 8.87. The first-order valence-corrected chi connectivity index (χ1v) is 7.80. The maximum atomic E-state index is 12.4. The predicted octanol–water partition coefficient (Wildman–Crippen LogP) is 2.77. The molecule has 0 aliphatic carbocycles. The number of nitro groups is 1. The highest BCUT2D eigenvalue weighted by atomic mass is 16.6. The molecule has 0 aromatic heterocycles. The molecule has 142 valence electrons. The van der Waals surface area contributed by atoms with E-state index in [0.717, 1.165) is 0 Å². The number of nitrogens with zero attached hydrogens (tertiary/aromatic N) is 2. The lowest BCUT2D eigenvalue weighted by Crippen LogP contribution is -2.19. The Balaban J connectivity index is 2.21. The molecule has 0 aliphatic heterocycles. The molecule has 0 radical (unpaired) electrons. The molecule has 0 unspecified atom stereocenters. The maximum absolute atomic E-state index is 12.4. The molecule has 2 aromatic rings. The molecule has 0 spiro atoms. The highest BCUT2D eigenvalue weighted by molar-refractivity contribution is 6.01. The van der Waals surface area contributed by atoms with Crippen molar-refractivity contribution in [1.82, 2.24) is 5.43 Å². The third-order valence-corrected chi connectivity index (χ3v) is 3.75. The van der Waals surface area contributed by atoms with E-state index >= 15 is 0 Å². The SMILES string of the molecule is COc1cc(C(=O)NN=C(C)c2ccc([N+](=O)[O-])cc2)cc(OC)c1OC. The van der Waals surface area contributed by atoms with Gasteiger partial charge in [-0.05, 0) is 36.8 Å². The fourth-order valence-corrected chi connectivity index (χ4v) is 2.30. The molecule has 0 bridgehead atoms. The quantitative estimate of drug-likeness (QED) is 0.454. The normalized spacial score (nSPS) is 10.9. The van der Waals surface area contributed by atoms with E-state index < -0.39 is 10.8 Å². The number of carbonyl (C=O) groups is 1. The molecular formula is C18H19N3O6. The average Bonchev–Trinajstić information content (AvgIpc) is 2.70. The van der Waals surface area contributed by atoms with Crippen molar-refractivity contribution in [2.24, 2.45) is 5.10 Å². The van der Waals surface area contributed by atoms with Gasteiger partial charge in [0.15, 0.2) is 11.5 Å². The fraction of sp³-hybridized carbons (Fsp3) is 0.222. The summed E-state index contributed by atoms with van der Waals surface area (Å²) >= 11 is 0. The molecule has 1 N–H and O–H groups in total. The number of non-ortho nitro benzene ring substituents is 1. The Morgan fingerprint density at radius 1 is 1.00 bits per heavy atom. The summed E-state index contributed by atoms with van der Waals surface area (Å²) < 4.78 is 15.7. The average molecular weight is 373 g/mol. The Hall–Kier alpha value is -3.62. The maximum Gasteiger partial charge on any atom is 0.271 e. The van der Waals surface area contributed by atoms with Crippen LogP contribution in [0.25, 0.3) is 0 Å². The number of ether oxygens (including phenoxy) is 3. The number of benzene rings is 2. The van der Waals surface area contributed by atoms with Gasteiger partial charge in [-0.3, -0.25) is 14.9 Å². The predicted molar refractivity (Wildman–Crippen MR) is 98.9 cm³/mol. The minimum Gasteiger partial charge on any atom is -0.493 e. The second-order valence-corrected chi connectivity index (χ2v) is 5.36. The van der Waals surface area contributed by atoms with Crippen molar-refractivity contribution in [3.63, 3.8) is 0 Å². The number of carbonyl (C=O) groups excluding carboxylic acids is 1. The van der Waals surface area contributed by atoms with Crippen LogP contribution in [0, 0.1) is 10.1 Å². The molecule has 0 aliphatic rings. The third kappa shape index (κ3) is 4.51. The van der Waals surface area contributed by atoms with Crippen LogP contribution >= 0.6 is 0 Å². The Morgan fingerprint density at radius 3 is 2.00 bits per heavy atom. The third-order valence-electron chi connectivity index (χ3n) is 3.75. The molecule has 9 heteroatoms. The molecule has 2 aromatic carbocycles. The van der Waals surface area contributed by atoms with Crippen LogP contribution in [0.1, 0.15) is 22.8 Å². The molecule has 0 heterocycles. The van der Waals surface area contributed by atoms with Gasteiger partial charge in [0.25, 0.3) is 11.6 Å². The van der Waals surface area contributed by atoms with Crippen molar-refractivity contribution in [3.05, 3.63) is 57.6 Å². The molecule has 0 saturated heterocycles. The lowest BCUT2D eigenvalue weighted by atomic mass is 10.1. The Kier molecular flexibility index (Phi) is 6.32. The number of methoxy groups -OCH3 is 3. The van der Waals surface area contributed by atoms with Crippen LogP contribution in [0.4, 0.5) is 5.69 Å². The number of amides is 1. The summed E-state index contributed by atoms with van der Waals surface area (Å²) in [5, 5.41) is 14.7. The highest BCUT2D eigenvalue weighted by Gasteiger charge is 2.17. The van der Waals surface area contributed by atoms with Crippen molar-refractivity contribution < 1.29 is 23.9 Å². The van der Waals surface area contributed by atoms with E-state index in [4.69, 9.17) is 14.2 Å². The van der Waals surface area contributed by atoms with E-state index in [1.807, 2.05) is 0 Å². The van der Waals surface area contributed by atoms with E-state index in [9.17, 15) is 14.9 Å². The Morgan fingerprint density at radius 2 is 1.56 bits per heavy atom. The first-order chi connectivity index (χ1) is 12.9. The fourth-order valence-electron chi connectivity index (χ4n) is 2.30. The van der Waals surface area contributed by atoms with Crippen LogP contribution < -0.4 is 19.6 Å². The molecule has 0 atom stereocenters. The largest absolute Gasteiger partial charge is 0.493 e. The summed E-state index contributed by atoms with van der Waals surface area (Å²) in [6.45, 7) is 1.68. The lowest BCUT2D eigenvalue weighted by molar-refractivity contribution is -0.384. The summed E-state index contributed by atoms with van der Waals surface area (Å²) in [7, 11) is 4.38. The van der Waals surface area contributed by atoms with Crippen LogP contribution in [0.5, 0.6) is 17.2 Å². The van der Waals surface area contributed by atoms with Gasteiger partial charge in [-0.2, -0.15) is 5.10 Å². The first-order valence-electron chi connectivity index (χ1n) is 7.80. The topological polar surface area (TPSA) is 112 Å². The zero-order valence-electron chi connectivity index (χ0n) is 15.3. The molecule has 2 rings (SSSR count). The van der Waals surface area contributed by atoms with Crippen LogP contribution in [0.2, 0.25) is 0 Å². The van der Waals surface area contributed by atoms with Gasteiger partial charge in [0.2, 0.25) is 5.75 Å². The van der Waals surface area contributed by atoms with Gasteiger partial charge in [0.1, 0.15) is 0 Å². The first kappa shape index (κ1) is 19.7. The number of rotatable bonds is 7. The summed E-state index contributed by atoms with van der Waals surface area (Å²) in [5.74, 6) is 0.591. The molecule has 0 saturated carbocycles. The molecule has 1 amide bonds. The van der Waals surface area contributed by atoms with Gasteiger partial charge >= 0.3 is 0 Å². The molecule has 0 fully saturated rings. The molecular weight excluding hydrogens is 354 g/mol. The Bertz CT molecular complexity index is 852. The molecule has 27 heavy (non-hydrogen) atoms. The van der Waals surface area contributed by atoms with Crippen LogP contribution in [-0.4, -0.2) is 37.9 Å². The van der Waals surface area contributed by atoms with Gasteiger partial charge in [-0.15, -0.1) is 0 Å². The van der Waals surface area contributed by atoms with Crippen molar-refractivity contribution in [1.29, 1.82) is 0 Å². The second-order valence-electron chi connectivity index (χ2n) is 5.36. The van der Waals surface area contributed by atoms with Crippen LogP contribution in [-0.2, 0) is 0 Å². The van der Waals surface area contributed by atoms with Crippen LogP contribution in [0.3, 0.4) is 0 Å². The van der Waals surface area contributed by atoms with Crippen molar-refractivity contribution in [2.45, 2.75) is 6.92 Å². The van der Waals surface area contributed by atoms with Crippen molar-refractivity contribution in [2.75, 3.05) is 21.3 Å². The zero-order chi connectivity index (χ0) is 20.0. The lowest BCUT2D eigenvalue weighted by Gasteiger charge is -2.13. The van der Waals surface area contributed by atoms with Gasteiger partial charge in [-0.25, -0.2) is 5.43 Å². The summed E-state index contributed by atoms with van der Waals surface area (Å²) in [4.78, 5) is 22.6. The van der Waals surface area contributed by atoms with E-state index in [2.05, 4.69) is 10.5 Å². The van der Waals surface area contributed by atoms with Gasteiger partial charge in [0, 0.05) is 17.7 Å². The van der Waals surface area contributed by atoms with Gasteiger partial charge in [-0.1, -0.05) is 0 Å². The minimum absolute atomic E-state index is 0.0204. The Labute approximate surface area is 155 Å². The zero-order valence-corrected chi connectivity index (χ0v) is 15.3. The summed E-state index contributed by atoms with van der Waals surface area (Å²) in [5.41, 5.74) is 3.82. The smallest absolute Gasteiger partial charge is 0.271 e. The highest BCUT2D eigenvalue weighted by Crippen LogP contribution is 2.38. The van der Waals surface area contributed by atoms with Gasteiger partial charge in [0.05, 0.1) is 32.0 Å². The molecule has 9 nitrogen and oxygen atoms in total. The van der Waals surface area contributed by atoms with E-state index in [-0.39, 0.29) is 11.3 Å². The van der Waals surface area contributed by atoms with E-state index in [1.54, 1.807) is 19.1 Å². The van der Waals surface area contributed by atoms with E-state index in [0.29, 0.717) is 28.5 Å². The number of hydrazone groups is 1. The standard InChI is InChI=1S/C18H19N3O6/c1-11(12-5-7-14(8-6-12)21(23)24)19-20-18(22)13-9-15(25-2)17(27-4)16(10-13)26-3/h5-10H,1-4H3,(H,20,22). The van der Waals surface area contributed by atoms with Crippen molar-refractivity contribution in [3.8, 4) is 17.2 Å². The van der Waals surface area contributed by atoms with Gasteiger partial charge < -0.3 is 14.2 Å². The van der Waals surface area contributed by atoms with E-state index in [1.165, 1.54) is 45.6 Å². The number of hydrogen-bond donors (Lipinski definition) is 1. The second kappa shape index (κ2) is 8.65.